The van der Waals surface area contributed by atoms with Gasteiger partial charge in [0, 0.05) is 19.0 Å². The second kappa shape index (κ2) is 6.27. The van der Waals surface area contributed by atoms with Crippen molar-refractivity contribution in [3.8, 4) is 5.75 Å². The summed E-state index contributed by atoms with van der Waals surface area (Å²) in [5, 5.41) is 3.48. The van der Waals surface area contributed by atoms with E-state index < -0.39 is 0 Å². The molecule has 0 saturated carbocycles. The number of para-hydroxylation sites is 1. The zero-order valence-electron chi connectivity index (χ0n) is 12.2. The average molecular weight is 285 g/mol. The molecule has 2 aromatic rings. The van der Waals surface area contributed by atoms with Crippen LogP contribution in [0.15, 0.2) is 48.5 Å². The summed E-state index contributed by atoms with van der Waals surface area (Å²) in [6.07, 6.45) is 1.96. The van der Waals surface area contributed by atoms with Gasteiger partial charge in [-0.1, -0.05) is 30.3 Å². The van der Waals surface area contributed by atoms with Crippen LogP contribution in [0, 0.1) is 5.82 Å². The molecular formula is C18H20FNO. The zero-order chi connectivity index (χ0) is 14.7. The number of nitrogens with one attached hydrogen (secondary N) is 1. The maximum absolute atomic E-state index is 13.2. The maximum atomic E-state index is 13.2. The monoisotopic (exact) mass is 285 g/mol. The van der Waals surface area contributed by atoms with Gasteiger partial charge in [-0.3, -0.25) is 0 Å². The minimum Gasteiger partial charge on any atom is -0.488 e. The fourth-order valence-electron chi connectivity index (χ4n) is 2.79. The van der Waals surface area contributed by atoms with Crippen LogP contribution in [0.4, 0.5) is 4.39 Å². The molecule has 3 rings (SSSR count). The second-order valence-electron chi connectivity index (χ2n) is 5.70. The molecule has 0 aromatic heterocycles. The summed E-state index contributed by atoms with van der Waals surface area (Å²) in [5.74, 6) is 0.830. The van der Waals surface area contributed by atoms with Crippen molar-refractivity contribution in [1.29, 1.82) is 0 Å². The van der Waals surface area contributed by atoms with Crippen LogP contribution in [0.3, 0.4) is 0 Å². The lowest BCUT2D eigenvalue weighted by molar-refractivity contribution is 0.222. The molecule has 0 amide bonds. The van der Waals surface area contributed by atoms with Crippen molar-refractivity contribution in [1.82, 2.24) is 5.32 Å². The molecule has 1 heterocycles. The Bertz CT molecular complexity index is 589. The summed E-state index contributed by atoms with van der Waals surface area (Å²) in [6.45, 7) is 2.93. The van der Waals surface area contributed by atoms with Crippen molar-refractivity contribution in [3.63, 3.8) is 0 Å². The summed E-state index contributed by atoms with van der Waals surface area (Å²) < 4.78 is 19.1. The molecular weight excluding hydrogens is 265 g/mol. The van der Waals surface area contributed by atoms with Gasteiger partial charge in [-0.25, -0.2) is 4.39 Å². The number of hydrogen-bond donors (Lipinski definition) is 1. The van der Waals surface area contributed by atoms with E-state index in [0.717, 1.165) is 30.7 Å². The average Bonchev–Trinajstić information content (AvgIpc) is 2.88. The second-order valence-corrected chi connectivity index (χ2v) is 5.70. The molecule has 1 aliphatic rings. The molecule has 0 bridgehead atoms. The van der Waals surface area contributed by atoms with E-state index in [9.17, 15) is 4.39 Å². The minimum absolute atomic E-state index is 0.172. The number of benzene rings is 2. The molecule has 2 unspecified atom stereocenters. The van der Waals surface area contributed by atoms with Gasteiger partial charge in [0.25, 0.3) is 0 Å². The largest absolute Gasteiger partial charge is 0.488 e. The predicted octanol–water partition coefficient (Wildman–Crippen LogP) is 3.35. The normalized spacial score (nSPS) is 18.1. The van der Waals surface area contributed by atoms with Gasteiger partial charge in [0.15, 0.2) is 0 Å². The van der Waals surface area contributed by atoms with Gasteiger partial charge in [-0.15, -0.1) is 0 Å². The molecule has 0 spiro atoms. The first-order chi connectivity index (χ1) is 10.2. The van der Waals surface area contributed by atoms with Gasteiger partial charge >= 0.3 is 0 Å². The molecule has 3 heteroatoms. The number of fused-ring (bicyclic) bond motifs is 1. The van der Waals surface area contributed by atoms with Gasteiger partial charge in [0.2, 0.25) is 0 Å². The van der Waals surface area contributed by atoms with Crippen LogP contribution in [0.5, 0.6) is 5.75 Å². The van der Waals surface area contributed by atoms with E-state index in [4.69, 9.17) is 4.74 Å². The first kappa shape index (κ1) is 14.1. The van der Waals surface area contributed by atoms with Crippen molar-refractivity contribution >= 4 is 0 Å². The minimum atomic E-state index is -0.172. The molecule has 1 N–H and O–H groups in total. The third kappa shape index (κ3) is 3.61. The van der Waals surface area contributed by atoms with Gasteiger partial charge < -0.3 is 10.1 Å². The van der Waals surface area contributed by atoms with E-state index in [2.05, 4.69) is 18.3 Å². The van der Waals surface area contributed by atoms with Crippen LogP contribution in [0.2, 0.25) is 0 Å². The SMILES string of the molecule is CC(Cc1cccc(F)c1)NCC1Cc2ccccc2O1. The molecule has 2 aromatic carbocycles. The Kier molecular flexibility index (Phi) is 4.20. The lowest BCUT2D eigenvalue weighted by atomic mass is 10.1. The predicted molar refractivity (Wildman–Crippen MR) is 82.1 cm³/mol. The summed E-state index contributed by atoms with van der Waals surface area (Å²) in [6, 6.07) is 15.3. The molecule has 0 saturated heterocycles. The third-order valence-electron chi connectivity index (χ3n) is 3.84. The lowest BCUT2D eigenvalue weighted by Gasteiger charge is -2.17. The van der Waals surface area contributed by atoms with Crippen LogP contribution in [-0.2, 0) is 12.8 Å². The van der Waals surface area contributed by atoms with E-state index in [1.807, 2.05) is 24.3 Å². The fourth-order valence-corrected chi connectivity index (χ4v) is 2.79. The van der Waals surface area contributed by atoms with E-state index in [-0.39, 0.29) is 11.9 Å². The Morgan fingerprint density at radius 1 is 1.24 bits per heavy atom. The van der Waals surface area contributed by atoms with Crippen LogP contribution < -0.4 is 10.1 Å². The Morgan fingerprint density at radius 3 is 2.90 bits per heavy atom. The molecule has 0 aliphatic carbocycles. The number of hydrogen-bond acceptors (Lipinski definition) is 2. The topological polar surface area (TPSA) is 21.3 Å². The Morgan fingerprint density at radius 2 is 2.10 bits per heavy atom. The maximum Gasteiger partial charge on any atom is 0.123 e. The van der Waals surface area contributed by atoms with Gasteiger partial charge in [-0.05, 0) is 42.7 Å². The molecule has 2 atom stereocenters. The van der Waals surface area contributed by atoms with Crippen molar-refractivity contribution in [2.45, 2.75) is 31.9 Å². The fraction of sp³-hybridized carbons (Fsp3) is 0.333. The van der Waals surface area contributed by atoms with E-state index in [1.165, 1.54) is 11.6 Å². The first-order valence-corrected chi connectivity index (χ1v) is 7.43. The Balaban J connectivity index is 1.48. The van der Waals surface area contributed by atoms with E-state index in [0.29, 0.717) is 6.04 Å². The van der Waals surface area contributed by atoms with Crippen LogP contribution in [0.1, 0.15) is 18.1 Å². The molecule has 21 heavy (non-hydrogen) atoms. The summed E-state index contributed by atoms with van der Waals surface area (Å²) in [4.78, 5) is 0. The summed E-state index contributed by atoms with van der Waals surface area (Å²) in [7, 11) is 0. The summed E-state index contributed by atoms with van der Waals surface area (Å²) in [5.41, 5.74) is 2.30. The number of ether oxygens (including phenoxy) is 1. The Hall–Kier alpha value is -1.87. The van der Waals surface area contributed by atoms with Gasteiger partial charge in [-0.2, -0.15) is 0 Å². The smallest absolute Gasteiger partial charge is 0.123 e. The van der Waals surface area contributed by atoms with Crippen molar-refractivity contribution < 1.29 is 9.13 Å². The van der Waals surface area contributed by atoms with Gasteiger partial charge in [0.05, 0.1) is 0 Å². The Labute approximate surface area is 125 Å². The zero-order valence-corrected chi connectivity index (χ0v) is 12.2. The highest BCUT2D eigenvalue weighted by Crippen LogP contribution is 2.27. The molecule has 1 aliphatic heterocycles. The van der Waals surface area contributed by atoms with Crippen molar-refractivity contribution in [2.75, 3.05) is 6.54 Å². The number of rotatable bonds is 5. The highest BCUT2D eigenvalue weighted by molar-refractivity contribution is 5.37. The molecule has 2 nitrogen and oxygen atoms in total. The first-order valence-electron chi connectivity index (χ1n) is 7.43. The standard InChI is InChI=1S/C18H20FNO/c1-13(9-14-5-4-7-16(19)10-14)20-12-17-11-15-6-2-3-8-18(15)21-17/h2-8,10,13,17,20H,9,11-12H2,1H3. The van der Waals surface area contributed by atoms with Crippen molar-refractivity contribution in [2.24, 2.45) is 0 Å². The van der Waals surface area contributed by atoms with Crippen molar-refractivity contribution in [3.05, 3.63) is 65.5 Å². The van der Waals surface area contributed by atoms with Crippen LogP contribution in [0.25, 0.3) is 0 Å². The molecule has 110 valence electrons. The van der Waals surface area contributed by atoms with Crippen LogP contribution in [-0.4, -0.2) is 18.7 Å². The van der Waals surface area contributed by atoms with Crippen LogP contribution >= 0.6 is 0 Å². The lowest BCUT2D eigenvalue weighted by Crippen LogP contribution is -2.37. The highest BCUT2D eigenvalue weighted by Gasteiger charge is 2.22. The quantitative estimate of drug-likeness (QED) is 0.909. The van der Waals surface area contributed by atoms with Gasteiger partial charge in [0.1, 0.15) is 17.7 Å². The van der Waals surface area contributed by atoms with E-state index in [1.54, 1.807) is 12.1 Å². The highest BCUT2D eigenvalue weighted by atomic mass is 19.1. The summed E-state index contributed by atoms with van der Waals surface area (Å²) >= 11 is 0. The van der Waals surface area contributed by atoms with E-state index >= 15 is 0 Å². The molecule has 0 fully saturated rings. The third-order valence-corrected chi connectivity index (χ3v) is 3.84. The molecule has 0 radical (unpaired) electrons. The number of halogens is 1.